The van der Waals surface area contributed by atoms with Crippen LogP contribution in [0.4, 0.5) is 15.8 Å². The lowest BCUT2D eigenvalue weighted by molar-refractivity contribution is 0.628. The van der Waals surface area contributed by atoms with Crippen molar-refractivity contribution in [3.05, 3.63) is 66.3 Å². The van der Waals surface area contributed by atoms with Crippen molar-refractivity contribution in [2.24, 2.45) is 21.1 Å². The van der Waals surface area contributed by atoms with Crippen LogP contribution in [-0.2, 0) is 21.1 Å². The Morgan fingerprint density at radius 3 is 2.32 bits per heavy atom. The lowest BCUT2D eigenvalue weighted by Gasteiger charge is -2.15. The molecule has 0 amide bonds. The van der Waals surface area contributed by atoms with Gasteiger partial charge in [0.2, 0.25) is 0 Å². The number of hydrogen-bond donors (Lipinski definition) is 1. The summed E-state index contributed by atoms with van der Waals surface area (Å²) in [6.45, 7) is 0. The summed E-state index contributed by atoms with van der Waals surface area (Å²) in [5.74, 6) is -0.584. The Morgan fingerprint density at radius 2 is 1.68 bits per heavy atom. The maximum Gasteiger partial charge on any atom is 0.332 e. The molecule has 0 radical (unpaired) electrons. The number of anilines is 2. The molecule has 3 rings (SSSR count). The summed E-state index contributed by atoms with van der Waals surface area (Å²) in [7, 11) is 4.30. The third kappa shape index (κ3) is 2.64. The van der Waals surface area contributed by atoms with Crippen LogP contribution in [0.15, 0.2) is 38.6 Å². The molecule has 0 aliphatic carbocycles. The van der Waals surface area contributed by atoms with Gasteiger partial charge >= 0.3 is 5.69 Å². The number of nitrogens with zero attached hydrogens (tertiary/aromatic N) is 3. The van der Waals surface area contributed by atoms with Gasteiger partial charge in [0.1, 0.15) is 16.9 Å². The molecule has 0 aliphatic rings. The van der Waals surface area contributed by atoms with Crippen LogP contribution in [0.25, 0.3) is 11.0 Å². The second-order valence-corrected chi connectivity index (χ2v) is 6.02. The van der Waals surface area contributed by atoms with Crippen LogP contribution in [0.2, 0.25) is 5.02 Å². The van der Waals surface area contributed by atoms with Crippen LogP contribution in [0.3, 0.4) is 0 Å². The largest absolute Gasteiger partial charge is 0.355 e. The van der Waals surface area contributed by atoms with Gasteiger partial charge in [0.25, 0.3) is 11.1 Å². The molecule has 0 aliphatic heterocycles. The number of pyridine rings is 1. The zero-order valence-electron chi connectivity index (χ0n) is 13.6. The van der Waals surface area contributed by atoms with Gasteiger partial charge in [-0.1, -0.05) is 11.6 Å². The first-order chi connectivity index (χ1) is 11.7. The van der Waals surface area contributed by atoms with E-state index in [1.165, 1.54) is 54.5 Å². The van der Waals surface area contributed by atoms with Crippen molar-refractivity contribution >= 4 is 34.0 Å². The highest BCUT2D eigenvalue weighted by atomic mass is 35.5. The molecule has 0 fully saturated rings. The summed E-state index contributed by atoms with van der Waals surface area (Å²) in [5.41, 5.74) is -0.726. The molecule has 3 aromatic rings. The fourth-order valence-corrected chi connectivity index (χ4v) is 2.87. The highest BCUT2D eigenvalue weighted by Crippen LogP contribution is 2.25. The Hall–Kier alpha value is -2.87. The molecule has 9 heteroatoms. The Bertz CT molecular complexity index is 1190. The van der Waals surface area contributed by atoms with Gasteiger partial charge in [0.15, 0.2) is 0 Å². The number of rotatable bonds is 2. The first-order valence-corrected chi connectivity index (χ1v) is 7.62. The molecule has 0 saturated carbocycles. The number of benzene rings is 1. The zero-order valence-corrected chi connectivity index (χ0v) is 14.4. The number of aryl methyl sites for hydroxylation is 2. The monoisotopic (exact) mass is 364 g/mol. The molecule has 0 bridgehead atoms. The average Bonchev–Trinajstić information content (AvgIpc) is 2.57. The molecule has 1 N–H and O–H groups in total. The number of aromatic nitrogens is 3. The summed E-state index contributed by atoms with van der Waals surface area (Å²) < 4.78 is 16.7. The van der Waals surface area contributed by atoms with Gasteiger partial charge in [-0.05, 0) is 18.2 Å². The summed E-state index contributed by atoms with van der Waals surface area (Å²) in [5, 5.41) is 2.97. The van der Waals surface area contributed by atoms with E-state index in [2.05, 4.69) is 5.32 Å². The fourth-order valence-electron chi connectivity index (χ4n) is 2.69. The molecule has 0 spiro atoms. The minimum Gasteiger partial charge on any atom is -0.355 e. The van der Waals surface area contributed by atoms with E-state index in [0.717, 1.165) is 4.57 Å². The Balaban J connectivity index is 2.38. The Labute approximate surface area is 145 Å². The van der Waals surface area contributed by atoms with E-state index in [9.17, 15) is 18.8 Å². The van der Waals surface area contributed by atoms with Crippen molar-refractivity contribution in [1.29, 1.82) is 0 Å². The lowest BCUT2D eigenvalue weighted by atomic mass is 10.2. The van der Waals surface area contributed by atoms with E-state index in [1.54, 1.807) is 0 Å². The summed E-state index contributed by atoms with van der Waals surface area (Å²) in [6.07, 6.45) is 0. The van der Waals surface area contributed by atoms with Crippen LogP contribution in [0, 0.1) is 5.82 Å². The minimum absolute atomic E-state index is 0.0987. The SMILES string of the molecule is Cn1c(=O)c2c(Nc3ccc(F)c(Cl)c3)cc(=O)n(C)c2n(C)c1=O. The van der Waals surface area contributed by atoms with Crippen molar-refractivity contribution in [3.8, 4) is 0 Å². The van der Waals surface area contributed by atoms with Gasteiger partial charge in [-0.25, -0.2) is 9.18 Å². The third-order valence-electron chi connectivity index (χ3n) is 4.02. The average molecular weight is 365 g/mol. The van der Waals surface area contributed by atoms with Gasteiger partial charge in [0, 0.05) is 32.9 Å². The predicted molar refractivity (Wildman–Crippen MR) is 94.4 cm³/mol. The van der Waals surface area contributed by atoms with Gasteiger partial charge in [-0.3, -0.25) is 23.3 Å². The standard InChI is InChI=1S/C16H14ClFN4O3/c1-20-12(23)7-11(19-8-4-5-10(18)9(17)6-8)13-14(20)21(2)16(25)22(3)15(13)24/h4-7,19H,1-3H3. The summed E-state index contributed by atoms with van der Waals surface area (Å²) in [6, 6.07) is 5.18. The van der Waals surface area contributed by atoms with Crippen LogP contribution in [-0.4, -0.2) is 13.7 Å². The molecule has 0 saturated heterocycles. The highest BCUT2D eigenvalue weighted by Gasteiger charge is 2.17. The van der Waals surface area contributed by atoms with Crippen molar-refractivity contribution in [3.63, 3.8) is 0 Å². The van der Waals surface area contributed by atoms with Crippen LogP contribution in [0.5, 0.6) is 0 Å². The maximum absolute atomic E-state index is 13.3. The number of nitrogens with one attached hydrogen (secondary N) is 1. The normalized spacial score (nSPS) is 11.1. The molecule has 0 unspecified atom stereocenters. The zero-order chi connectivity index (χ0) is 18.5. The predicted octanol–water partition coefficient (Wildman–Crippen LogP) is 1.47. The summed E-state index contributed by atoms with van der Waals surface area (Å²) >= 11 is 5.77. The third-order valence-corrected chi connectivity index (χ3v) is 4.31. The quantitative estimate of drug-likeness (QED) is 0.747. The number of fused-ring (bicyclic) bond motifs is 1. The van der Waals surface area contributed by atoms with Crippen molar-refractivity contribution < 1.29 is 4.39 Å². The fraction of sp³-hybridized carbons (Fsp3) is 0.188. The molecule has 7 nitrogen and oxygen atoms in total. The van der Waals surface area contributed by atoms with Crippen LogP contribution in [0.1, 0.15) is 0 Å². The molecule has 2 aromatic heterocycles. The van der Waals surface area contributed by atoms with Crippen LogP contribution >= 0.6 is 11.6 Å². The van der Waals surface area contributed by atoms with E-state index in [4.69, 9.17) is 11.6 Å². The first kappa shape index (κ1) is 17.0. The molecule has 0 atom stereocenters. The van der Waals surface area contributed by atoms with Crippen molar-refractivity contribution in [2.75, 3.05) is 5.32 Å². The number of hydrogen-bond acceptors (Lipinski definition) is 4. The van der Waals surface area contributed by atoms with Gasteiger partial charge in [-0.15, -0.1) is 0 Å². The van der Waals surface area contributed by atoms with E-state index < -0.39 is 22.6 Å². The maximum atomic E-state index is 13.3. The Kier molecular flexibility index (Phi) is 4.00. The highest BCUT2D eigenvalue weighted by molar-refractivity contribution is 6.31. The Morgan fingerprint density at radius 1 is 1.00 bits per heavy atom. The molecule has 130 valence electrons. The second-order valence-electron chi connectivity index (χ2n) is 5.61. The van der Waals surface area contributed by atoms with Gasteiger partial charge in [-0.2, -0.15) is 0 Å². The molecular weight excluding hydrogens is 351 g/mol. The van der Waals surface area contributed by atoms with Gasteiger partial charge in [0.05, 0.1) is 10.7 Å². The lowest BCUT2D eigenvalue weighted by Crippen LogP contribution is -2.39. The van der Waals surface area contributed by atoms with E-state index in [-0.39, 0.29) is 21.7 Å². The smallest absolute Gasteiger partial charge is 0.332 e. The number of halogens is 2. The van der Waals surface area contributed by atoms with E-state index in [0.29, 0.717) is 5.69 Å². The minimum atomic E-state index is -0.584. The topological polar surface area (TPSA) is 78.0 Å². The molecule has 25 heavy (non-hydrogen) atoms. The van der Waals surface area contributed by atoms with Crippen molar-refractivity contribution in [1.82, 2.24) is 13.7 Å². The summed E-state index contributed by atoms with van der Waals surface area (Å²) in [4.78, 5) is 37.0. The second kappa shape index (κ2) is 5.89. The molecular formula is C16H14ClFN4O3. The van der Waals surface area contributed by atoms with Crippen molar-refractivity contribution in [2.45, 2.75) is 0 Å². The van der Waals surface area contributed by atoms with Crippen LogP contribution < -0.4 is 22.1 Å². The van der Waals surface area contributed by atoms with E-state index >= 15 is 0 Å². The van der Waals surface area contributed by atoms with Gasteiger partial charge < -0.3 is 5.32 Å². The van der Waals surface area contributed by atoms with E-state index in [1.807, 2.05) is 0 Å². The first-order valence-electron chi connectivity index (χ1n) is 7.24. The molecule has 1 aromatic carbocycles. The molecule has 2 heterocycles.